The number of aliphatic hydroxyl groups excluding tert-OH is 1. The maximum atomic E-state index is 13.4. The van der Waals surface area contributed by atoms with Gasteiger partial charge in [0.25, 0.3) is 5.91 Å². The van der Waals surface area contributed by atoms with E-state index in [0.29, 0.717) is 6.42 Å². The molecule has 15 heteroatoms. The van der Waals surface area contributed by atoms with Crippen molar-refractivity contribution in [2.24, 2.45) is 17.6 Å². The third-order valence-electron chi connectivity index (χ3n) is 7.56. The molecule has 0 saturated carbocycles. The fourth-order valence-electron chi connectivity index (χ4n) is 5.32. The molecule has 4 amide bonds. The standard InChI is InChI=1S/C27H44F3N5O7/c1-15(2)20(21(38)27(28,29)30)35-10-8-9-17(35)22(39)32-23(40)26(31,16(3)4)18(36)13-33-11-12-34(24(33)41)14-19(37)42-25(5,6)7/h15-17,20-21,38H,8-14,31H2,1-7H3,(H,32,39,40)/t17-,20-,21-,26+/m0/s1. The van der Waals surface area contributed by atoms with E-state index in [0.717, 1.165) is 4.90 Å². The molecule has 4 N–H and O–H groups in total. The fraction of sp³-hybridized carbons (Fsp3) is 0.815. The third kappa shape index (κ3) is 8.19. The summed E-state index contributed by atoms with van der Waals surface area (Å²) in [5.41, 5.74) is 3.29. The number of rotatable bonds is 11. The Labute approximate surface area is 244 Å². The Morgan fingerprint density at radius 1 is 1.02 bits per heavy atom. The molecular weight excluding hydrogens is 563 g/mol. The number of ketones is 1. The molecule has 42 heavy (non-hydrogen) atoms. The molecule has 0 aromatic heterocycles. The number of aliphatic hydroxyl groups is 1. The number of nitrogens with zero attached hydrogens (tertiary/aromatic N) is 3. The molecule has 0 bridgehead atoms. The minimum absolute atomic E-state index is 0.0806. The highest BCUT2D eigenvalue weighted by Crippen LogP contribution is 2.33. The minimum Gasteiger partial charge on any atom is -0.459 e. The van der Waals surface area contributed by atoms with Gasteiger partial charge in [-0.25, -0.2) is 4.79 Å². The van der Waals surface area contributed by atoms with Crippen LogP contribution in [0.2, 0.25) is 0 Å². The number of alkyl halides is 3. The first-order valence-corrected chi connectivity index (χ1v) is 14.0. The summed E-state index contributed by atoms with van der Waals surface area (Å²) in [6, 6.07) is -3.22. The lowest BCUT2D eigenvalue weighted by molar-refractivity contribution is -0.227. The van der Waals surface area contributed by atoms with Crippen LogP contribution in [0.4, 0.5) is 18.0 Å². The minimum atomic E-state index is -4.92. The third-order valence-corrected chi connectivity index (χ3v) is 7.56. The van der Waals surface area contributed by atoms with Gasteiger partial charge in [-0.2, -0.15) is 13.2 Å². The van der Waals surface area contributed by atoms with Crippen LogP contribution in [-0.2, 0) is 23.9 Å². The highest BCUT2D eigenvalue weighted by Gasteiger charge is 2.51. The summed E-state index contributed by atoms with van der Waals surface area (Å²) in [6.07, 6.45) is -7.13. The maximum absolute atomic E-state index is 13.4. The average Bonchev–Trinajstić information content (AvgIpc) is 3.44. The molecule has 2 fully saturated rings. The zero-order chi connectivity index (χ0) is 32.4. The van der Waals surface area contributed by atoms with Gasteiger partial charge in [0.2, 0.25) is 5.91 Å². The second-order valence-corrected chi connectivity index (χ2v) is 12.6. The summed E-state index contributed by atoms with van der Waals surface area (Å²) in [5, 5.41) is 12.1. The summed E-state index contributed by atoms with van der Waals surface area (Å²) in [4.78, 5) is 68.4. The van der Waals surface area contributed by atoms with Gasteiger partial charge in [0, 0.05) is 19.1 Å². The van der Waals surface area contributed by atoms with E-state index in [1.165, 1.54) is 37.5 Å². The van der Waals surface area contributed by atoms with E-state index in [-0.39, 0.29) is 32.6 Å². The second-order valence-electron chi connectivity index (χ2n) is 12.6. The number of nitrogens with one attached hydrogen (secondary N) is 1. The van der Waals surface area contributed by atoms with Crippen LogP contribution in [0.3, 0.4) is 0 Å². The van der Waals surface area contributed by atoms with Crippen molar-refractivity contribution in [1.29, 1.82) is 0 Å². The quantitative estimate of drug-likeness (QED) is 0.230. The van der Waals surface area contributed by atoms with E-state index < -0.39 is 83.5 Å². The lowest BCUT2D eigenvalue weighted by atomic mass is 9.82. The van der Waals surface area contributed by atoms with Crippen molar-refractivity contribution in [2.45, 2.75) is 96.8 Å². The fourth-order valence-corrected chi connectivity index (χ4v) is 5.32. The van der Waals surface area contributed by atoms with E-state index in [2.05, 4.69) is 5.32 Å². The largest absolute Gasteiger partial charge is 0.459 e. The summed E-state index contributed by atoms with van der Waals surface area (Å²) in [6.45, 7) is 10.4. The van der Waals surface area contributed by atoms with Crippen LogP contribution >= 0.6 is 0 Å². The Balaban J connectivity index is 2.14. The zero-order valence-corrected chi connectivity index (χ0v) is 25.3. The number of ether oxygens (including phenoxy) is 1. The molecule has 0 aliphatic carbocycles. The zero-order valence-electron chi connectivity index (χ0n) is 25.3. The Morgan fingerprint density at radius 2 is 1.57 bits per heavy atom. The predicted molar refractivity (Wildman–Crippen MR) is 145 cm³/mol. The number of hydrogen-bond acceptors (Lipinski definition) is 9. The van der Waals surface area contributed by atoms with E-state index in [1.807, 2.05) is 0 Å². The van der Waals surface area contributed by atoms with Crippen molar-refractivity contribution < 1.29 is 47.0 Å². The molecule has 0 spiro atoms. The Bertz CT molecular complexity index is 1050. The smallest absolute Gasteiger partial charge is 0.415 e. The van der Waals surface area contributed by atoms with Crippen LogP contribution in [0.1, 0.15) is 61.3 Å². The number of nitrogens with two attached hydrogens (primary N) is 1. The monoisotopic (exact) mass is 607 g/mol. The first-order valence-electron chi connectivity index (χ1n) is 14.0. The molecule has 2 aliphatic rings. The lowest BCUT2D eigenvalue weighted by Gasteiger charge is -2.39. The van der Waals surface area contributed by atoms with E-state index >= 15 is 0 Å². The van der Waals surface area contributed by atoms with Crippen molar-refractivity contribution in [2.75, 3.05) is 32.7 Å². The molecular formula is C27H44F3N5O7. The van der Waals surface area contributed by atoms with Crippen molar-refractivity contribution in [1.82, 2.24) is 20.0 Å². The van der Waals surface area contributed by atoms with Gasteiger partial charge in [-0.3, -0.25) is 29.4 Å². The van der Waals surface area contributed by atoms with Crippen LogP contribution < -0.4 is 11.1 Å². The van der Waals surface area contributed by atoms with E-state index in [9.17, 15) is 42.3 Å². The van der Waals surface area contributed by atoms with Gasteiger partial charge in [0.05, 0.1) is 12.6 Å². The van der Waals surface area contributed by atoms with Crippen molar-refractivity contribution in [3.05, 3.63) is 0 Å². The number of imide groups is 1. The number of likely N-dealkylation sites (tertiary alicyclic amines) is 1. The highest BCUT2D eigenvalue weighted by molar-refractivity contribution is 6.16. The van der Waals surface area contributed by atoms with Crippen molar-refractivity contribution in [3.63, 3.8) is 0 Å². The van der Waals surface area contributed by atoms with Gasteiger partial charge in [-0.1, -0.05) is 27.7 Å². The number of urea groups is 1. The summed E-state index contributed by atoms with van der Waals surface area (Å²) in [7, 11) is 0. The topological polar surface area (TPSA) is 163 Å². The normalized spacial score (nSPS) is 21.5. The molecule has 2 rings (SSSR count). The molecule has 4 atom stereocenters. The van der Waals surface area contributed by atoms with Crippen LogP contribution in [0.15, 0.2) is 0 Å². The van der Waals surface area contributed by atoms with Gasteiger partial charge in [-0.15, -0.1) is 0 Å². The van der Waals surface area contributed by atoms with Gasteiger partial charge in [-0.05, 0) is 52.0 Å². The number of carbonyl (C=O) groups excluding carboxylic acids is 5. The molecule has 2 heterocycles. The van der Waals surface area contributed by atoms with Gasteiger partial charge in [0.15, 0.2) is 17.4 Å². The number of amides is 4. The first-order chi connectivity index (χ1) is 19.1. The molecule has 2 saturated heterocycles. The Hall–Kier alpha value is -2.78. The number of esters is 1. The molecule has 0 radical (unpaired) electrons. The van der Waals surface area contributed by atoms with Crippen molar-refractivity contribution in [3.8, 4) is 0 Å². The lowest BCUT2D eigenvalue weighted by Crippen LogP contribution is -2.67. The average molecular weight is 608 g/mol. The SMILES string of the molecule is CC(C)[C@@H]([C@H](O)C(F)(F)F)N1CCC[C@H]1C(=O)NC(=O)[C@](N)(C(=O)CN1CCN(CC(=O)OC(C)(C)C)C1=O)C(C)C. The molecule has 240 valence electrons. The highest BCUT2D eigenvalue weighted by atomic mass is 19.4. The van der Waals surface area contributed by atoms with Gasteiger partial charge < -0.3 is 25.4 Å². The predicted octanol–water partition coefficient (Wildman–Crippen LogP) is 1.04. The van der Waals surface area contributed by atoms with Gasteiger partial charge >= 0.3 is 18.2 Å². The molecule has 12 nitrogen and oxygen atoms in total. The van der Waals surface area contributed by atoms with Crippen molar-refractivity contribution >= 4 is 29.6 Å². The molecule has 0 aromatic carbocycles. The number of halogens is 3. The van der Waals surface area contributed by atoms with Crippen LogP contribution in [-0.4, -0.2) is 118 Å². The summed E-state index contributed by atoms with van der Waals surface area (Å²) >= 11 is 0. The summed E-state index contributed by atoms with van der Waals surface area (Å²) < 4.78 is 45.4. The van der Waals surface area contributed by atoms with Crippen LogP contribution in [0.25, 0.3) is 0 Å². The number of Topliss-reactive ketones (excluding diaryl/α,β-unsaturated/α-hetero) is 1. The molecule has 0 unspecified atom stereocenters. The Kier molecular flexibility index (Phi) is 11.2. The van der Waals surface area contributed by atoms with E-state index in [4.69, 9.17) is 10.5 Å². The second kappa shape index (κ2) is 13.2. The first kappa shape index (κ1) is 35.4. The Morgan fingerprint density at radius 3 is 2.05 bits per heavy atom. The number of hydrogen-bond donors (Lipinski definition) is 3. The van der Waals surface area contributed by atoms with Crippen LogP contribution in [0.5, 0.6) is 0 Å². The molecule has 0 aromatic rings. The number of carbonyl (C=O) groups is 5. The maximum Gasteiger partial charge on any atom is 0.415 e. The molecule has 2 aliphatic heterocycles. The van der Waals surface area contributed by atoms with Crippen LogP contribution in [0, 0.1) is 11.8 Å². The van der Waals surface area contributed by atoms with Gasteiger partial charge in [0.1, 0.15) is 12.1 Å². The summed E-state index contributed by atoms with van der Waals surface area (Å²) in [5.74, 6) is -5.06. The van der Waals surface area contributed by atoms with E-state index in [1.54, 1.807) is 20.8 Å².